The lowest BCUT2D eigenvalue weighted by Crippen LogP contribution is -2.19. The topological polar surface area (TPSA) is 36.4 Å². The Balaban J connectivity index is 1.89. The van der Waals surface area contributed by atoms with Crippen LogP contribution in [-0.2, 0) is 0 Å². The number of anilines is 1. The fourth-order valence-corrected chi connectivity index (χ4v) is 3.31. The van der Waals surface area contributed by atoms with Crippen LogP contribution in [0.3, 0.4) is 0 Å². The Morgan fingerprint density at radius 2 is 1.69 bits per heavy atom. The lowest BCUT2D eigenvalue weighted by molar-refractivity contribution is 0.475. The first-order chi connectivity index (χ1) is 12.6. The highest BCUT2D eigenvalue weighted by Crippen LogP contribution is 2.33. The number of hydrogen-bond donors (Lipinski definition) is 1. The summed E-state index contributed by atoms with van der Waals surface area (Å²) in [5.74, 6) is -0.0944. The summed E-state index contributed by atoms with van der Waals surface area (Å²) >= 11 is 0. The molecule has 3 nitrogen and oxygen atoms in total. The molecular weight excluding hydrogens is 334 g/mol. The fourth-order valence-electron chi connectivity index (χ4n) is 3.31. The van der Waals surface area contributed by atoms with Gasteiger partial charge >= 0.3 is 0 Å². The van der Waals surface area contributed by atoms with E-state index in [4.69, 9.17) is 4.98 Å². The average molecular weight is 352 g/mol. The van der Waals surface area contributed by atoms with Crippen LogP contribution in [0, 0.1) is 11.6 Å². The summed E-state index contributed by atoms with van der Waals surface area (Å²) in [7, 11) is 0. The normalized spacial score (nSPS) is 14.0. The second-order valence-corrected chi connectivity index (χ2v) is 6.47. The van der Waals surface area contributed by atoms with E-state index in [9.17, 15) is 13.9 Å². The molecule has 5 heteroatoms. The number of halogens is 2. The van der Waals surface area contributed by atoms with Gasteiger partial charge in [0.05, 0.1) is 5.69 Å². The molecule has 132 valence electrons. The largest absolute Gasteiger partial charge is 0.508 e. The van der Waals surface area contributed by atoms with Crippen molar-refractivity contribution in [2.75, 3.05) is 18.0 Å². The Morgan fingerprint density at radius 3 is 2.46 bits per heavy atom. The zero-order chi connectivity index (χ0) is 18.1. The molecule has 0 aliphatic carbocycles. The third-order valence-corrected chi connectivity index (χ3v) is 4.62. The number of aromatic nitrogens is 1. The number of nitrogens with zero attached hydrogens (tertiary/aromatic N) is 2. The van der Waals surface area contributed by atoms with Gasteiger partial charge in [0.25, 0.3) is 0 Å². The van der Waals surface area contributed by atoms with E-state index in [1.807, 2.05) is 6.07 Å². The van der Waals surface area contributed by atoms with Gasteiger partial charge in [0, 0.05) is 24.2 Å². The molecule has 3 aromatic rings. The van der Waals surface area contributed by atoms with Crippen molar-refractivity contribution in [3.8, 4) is 28.1 Å². The zero-order valence-electron chi connectivity index (χ0n) is 14.1. The number of pyridine rings is 1. The zero-order valence-corrected chi connectivity index (χ0v) is 14.1. The molecule has 1 aromatic heterocycles. The molecule has 0 bridgehead atoms. The predicted octanol–water partition coefficient (Wildman–Crippen LogP) is 5.00. The Morgan fingerprint density at radius 1 is 0.885 bits per heavy atom. The Labute approximate surface area is 150 Å². The highest BCUT2D eigenvalue weighted by molar-refractivity contribution is 5.75. The van der Waals surface area contributed by atoms with Crippen LogP contribution in [0.2, 0.25) is 0 Å². The highest BCUT2D eigenvalue weighted by atomic mass is 19.1. The van der Waals surface area contributed by atoms with Crippen molar-refractivity contribution in [2.45, 2.75) is 12.8 Å². The number of rotatable bonds is 3. The van der Waals surface area contributed by atoms with Gasteiger partial charge in [0.2, 0.25) is 0 Å². The van der Waals surface area contributed by atoms with E-state index in [1.165, 1.54) is 6.07 Å². The molecule has 26 heavy (non-hydrogen) atoms. The molecule has 1 saturated heterocycles. The molecule has 1 N–H and O–H groups in total. The lowest BCUT2D eigenvalue weighted by atomic mass is 10.0. The fraction of sp³-hybridized carbons (Fsp3) is 0.190. The smallest absolute Gasteiger partial charge is 0.131 e. The molecule has 0 saturated carbocycles. The molecule has 0 amide bonds. The van der Waals surface area contributed by atoms with Gasteiger partial charge in [-0.05, 0) is 60.9 Å². The second kappa shape index (κ2) is 6.75. The maximum atomic E-state index is 14.3. The Kier molecular flexibility index (Phi) is 4.29. The summed E-state index contributed by atoms with van der Waals surface area (Å²) in [6.45, 7) is 1.78. The van der Waals surface area contributed by atoms with Crippen molar-refractivity contribution in [1.82, 2.24) is 4.98 Å². The SMILES string of the molecule is Oc1cccc(-c2cc(-c3cc(F)ccc3F)cc(N3CCCC3)n2)c1. The highest BCUT2D eigenvalue weighted by Gasteiger charge is 2.17. The molecule has 1 fully saturated rings. The third-order valence-electron chi connectivity index (χ3n) is 4.62. The maximum Gasteiger partial charge on any atom is 0.131 e. The van der Waals surface area contributed by atoms with Gasteiger partial charge in [-0.15, -0.1) is 0 Å². The molecule has 0 atom stereocenters. The van der Waals surface area contributed by atoms with Crippen molar-refractivity contribution in [3.05, 3.63) is 66.2 Å². The summed E-state index contributed by atoms with van der Waals surface area (Å²) in [4.78, 5) is 6.85. The van der Waals surface area contributed by atoms with Crippen molar-refractivity contribution >= 4 is 5.82 Å². The van der Waals surface area contributed by atoms with Crippen LogP contribution in [0.1, 0.15) is 12.8 Å². The number of aromatic hydroxyl groups is 1. The van der Waals surface area contributed by atoms with Crippen LogP contribution >= 0.6 is 0 Å². The number of phenolic OH excluding ortho intramolecular Hbond substituents is 1. The number of phenols is 1. The van der Waals surface area contributed by atoms with Crippen LogP contribution in [0.4, 0.5) is 14.6 Å². The minimum Gasteiger partial charge on any atom is -0.508 e. The van der Waals surface area contributed by atoms with Gasteiger partial charge in [-0.3, -0.25) is 0 Å². The van der Waals surface area contributed by atoms with Crippen LogP contribution in [0.15, 0.2) is 54.6 Å². The van der Waals surface area contributed by atoms with Crippen molar-refractivity contribution in [1.29, 1.82) is 0 Å². The quantitative estimate of drug-likeness (QED) is 0.721. The van der Waals surface area contributed by atoms with Crippen molar-refractivity contribution in [2.24, 2.45) is 0 Å². The Bertz CT molecular complexity index is 952. The van der Waals surface area contributed by atoms with Gasteiger partial charge in [-0.25, -0.2) is 13.8 Å². The minimum atomic E-state index is -0.486. The van der Waals surface area contributed by atoms with Crippen LogP contribution in [-0.4, -0.2) is 23.2 Å². The van der Waals surface area contributed by atoms with Gasteiger partial charge < -0.3 is 10.0 Å². The minimum absolute atomic E-state index is 0.134. The van der Waals surface area contributed by atoms with Gasteiger partial charge in [0.15, 0.2) is 0 Å². The van der Waals surface area contributed by atoms with E-state index in [1.54, 1.807) is 30.3 Å². The number of benzene rings is 2. The van der Waals surface area contributed by atoms with Gasteiger partial charge in [-0.1, -0.05) is 12.1 Å². The molecule has 0 spiro atoms. The van der Waals surface area contributed by atoms with Gasteiger partial charge in [-0.2, -0.15) is 0 Å². The van der Waals surface area contributed by atoms with E-state index in [0.29, 0.717) is 11.3 Å². The lowest BCUT2D eigenvalue weighted by Gasteiger charge is -2.19. The summed E-state index contributed by atoms with van der Waals surface area (Å²) in [5.41, 5.74) is 2.11. The second-order valence-electron chi connectivity index (χ2n) is 6.47. The van der Waals surface area contributed by atoms with E-state index >= 15 is 0 Å². The summed E-state index contributed by atoms with van der Waals surface area (Å²) in [6.07, 6.45) is 2.17. The molecule has 0 unspecified atom stereocenters. The van der Waals surface area contributed by atoms with Gasteiger partial charge in [0.1, 0.15) is 23.2 Å². The van der Waals surface area contributed by atoms with Crippen LogP contribution in [0.5, 0.6) is 5.75 Å². The Hall–Kier alpha value is -2.95. The monoisotopic (exact) mass is 352 g/mol. The molecule has 1 aliphatic heterocycles. The van der Waals surface area contributed by atoms with Crippen LogP contribution in [0.25, 0.3) is 22.4 Å². The summed E-state index contributed by atoms with van der Waals surface area (Å²) in [6, 6.07) is 13.7. The molecule has 0 radical (unpaired) electrons. The predicted molar refractivity (Wildman–Crippen MR) is 98.1 cm³/mol. The standard InChI is InChI=1S/C21H18F2N2O/c22-16-6-7-19(23)18(13-16)15-11-20(14-4-3-5-17(26)10-14)24-21(12-15)25-8-1-2-9-25/h3-7,10-13,26H,1-2,8-9H2. The molecule has 2 aromatic carbocycles. The first kappa shape index (κ1) is 16.5. The van der Waals surface area contributed by atoms with E-state index < -0.39 is 11.6 Å². The third kappa shape index (κ3) is 3.25. The molecule has 1 aliphatic rings. The first-order valence-corrected chi connectivity index (χ1v) is 8.62. The van der Waals surface area contributed by atoms with E-state index in [2.05, 4.69) is 4.90 Å². The molecule has 2 heterocycles. The van der Waals surface area contributed by atoms with E-state index in [-0.39, 0.29) is 11.3 Å². The van der Waals surface area contributed by atoms with E-state index in [0.717, 1.165) is 49.4 Å². The first-order valence-electron chi connectivity index (χ1n) is 8.62. The molecule has 4 rings (SSSR count). The molecular formula is C21H18F2N2O. The summed E-state index contributed by atoms with van der Waals surface area (Å²) < 4.78 is 28.0. The van der Waals surface area contributed by atoms with Crippen LogP contribution < -0.4 is 4.90 Å². The van der Waals surface area contributed by atoms with Crippen molar-refractivity contribution < 1.29 is 13.9 Å². The summed E-state index contributed by atoms with van der Waals surface area (Å²) in [5, 5.41) is 9.77. The maximum absolute atomic E-state index is 14.3. The number of hydrogen-bond acceptors (Lipinski definition) is 3. The van der Waals surface area contributed by atoms with Crippen molar-refractivity contribution in [3.63, 3.8) is 0 Å². The average Bonchev–Trinajstić information content (AvgIpc) is 3.18.